The molecule has 0 amide bonds. The third-order valence-corrected chi connectivity index (χ3v) is 3.95. The SMILES string of the molecule is CCN1CCOC(c2noc(CC3CCCN3)n2)C1. The van der Waals surface area contributed by atoms with E-state index >= 15 is 0 Å². The number of morpholine rings is 1. The van der Waals surface area contributed by atoms with Gasteiger partial charge in [0.25, 0.3) is 0 Å². The Kier molecular flexibility index (Phi) is 4.10. The van der Waals surface area contributed by atoms with Gasteiger partial charge in [-0.05, 0) is 25.9 Å². The first-order valence-corrected chi connectivity index (χ1v) is 7.25. The predicted molar refractivity (Wildman–Crippen MR) is 69.8 cm³/mol. The van der Waals surface area contributed by atoms with Crippen molar-refractivity contribution < 1.29 is 9.26 Å². The lowest BCUT2D eigenvalue weighted by atomic mass is 10.1. The molecule has 6 nitrogen and oxygen atoms in total. The first kappa shape index (κ1) is 13.0. The van der Waals surface area contributed by atoms with Crippen molar-refractivity contribution >= 4 is 0 Å². The standard InChI is InChI=1S/C13H22N4O2/c1-2-17-6-7-18-11(9-17)13-15-12(19-16-13)8-10-4-3-5-14-10/h10-11,14H,2-9H2,1H3. The number of likely N-dealkylation sites (N-methyl/N-ethyl adjacent to an activating group) is 1. The summed E-state index contributed by atoms with van der Waals surface area (Å²) in [7, 11) is 0. The van der Waals surface area contributed by atoms with E-state index in [1.807, 2.05) is 0 Å². The topological polar surface area (TPSA) is 63.4 Å². The Balaban J connectivity index is 1.60. The number of nitrogens with one attached hydrogen (secondary N) is 1. The largest absolute Gasteiger partial charge is 0.367 e. The quantitative estimate of drug-likeness (QED) is 0.868. The van der Waals surface area contributed by atoms with E-state index in [9.17, 15) is 0 Å². The van der Waals surface area contributed by atoms with Crippen molar-refractivity contribution in [3.63, 3.8) is 0 Å². The summed E-state index contributed by atoms with van der Waals surface area (Å²) in [5.41, 5.74) is 0. The van der Waals surface area contributed by atoms with Gasteiger partial charge >= 0.3 is 0 Å². The lowest BCUT2D eigenvalue weighted by Gasteiger charge is -2.30. The van der Waals surface area contributed by atoms with Gasteiger partial charge in [-0.1, -0.05) is 12.1 Å². The maximum Gasteiger partial charge on any atom is 0.228 e. The zero-order valence-corrected chi connectivity index (χ0v) is 11.5. The lowest BCUT2D eigenvalue weighted by Crippen LogP contribution is -2.38. The van der Waals surface area contributed by atoms with E-state index in [1.54, 1.807) is 0 Å². The van der Waals surface area contributed by atoms with Crippen LogP contribution in [0, 0.1) is 0 Å². The molecule has 3 rings (SSSR count). The molecule has 2 fully saturated rings. The molecule has 0 radical (unpaired) electrons. The summed E-state index contributed by atoms with van der Waals surface area (Å²) < 4.78 is 11.1. The van der Waals surface area contributed by atoms with Crippen LogP contribution in [0.5, 0.6) is 0 Å². The fraction of sp³-hybridized carbons (Fsp3) is 0.846. The number of nitrogens with zero attached hydrogens (tertiary/aromatic N) is 3. The highest BCUT2D eigenvalue weighted by Gasteiger charge is 2.26. The van der Waals surface area contributed by atoms with Gasteiger partial charge in [0, 0.05) is 25.6 Å². The molecule has 2 aliphatic heterocycles. The normalized spacial score (nSPS) is 28.9. The fourth-order valence-electron chi connectivity index (χ4n) is 2.77. The van der Waals surface area contributed by atoms with Crippen molar-refractivity contribution in [1.29, 1.82) is 0 Å². The molecule has 0 aromatic carbocycles. The summed E-state index contributed by atoms with van der Waals surface area (Å²) >= 11 is 0. The molecule has 106 valence electrons. The van der Waals surface area contributed by atoms with E-state index in [2.05, 4.69) is 27.3 Å². The maximum absolute atomic E-state index is 5.74. The summed E-state index contributed by atoms with van der Waals surface area (Å²) in [5.74, 6) is 1.43. The summed E-state index contributed by atoms with van der Waals surface area (Å²) in [4.78, 5) is 6.85. The zero-order valence-electron chi connectivity index (χ0n) is 11.5. The van der Waals surface area contributed by atoms with Gasteiger partial charge in [0.05, 0.1) is 6.61 Å². The van der Waals surface area contributed by atoms with Crippen LogP contribution in [0.3, 0.4) is 0 Å². The third-order valence-electron chi connectivity index (χ3n) is 3.95. The first-order valence-electron chi connectivity index (χ1n) is 7.25. The van der Waals surface area contributed by atoms with Crippen molar-refractivity contribution in [3.8, 4) is 0 Å². The van der Waals surface area contributed by atoms with E-state index in [1.165, 1.54) is 12.8 Å². The Morgan fingerprint density at radius 2 is 2.42 bits per heavy atom. The van der Waals surface area contributed by atoms with Gasteiger partial charge < -0.3 is 14.6 Å². The first-order chi connectivity index (χ1) is 9.35. The number of hydrogen-bond acceptors (Lipinski definition) is 6. The minimum Gasteiger partial charge on any atom is -0.367 e. The maximum atomic E-state index is 5.74. The van der Waals surface area contributed by atoms with Crippen molar-refractivity contribution in [1.82, 2.24) is 20.4 Å². The van der Waals surface area contributed by atoms with E-state index in [-0.39, 0.29) is 6.10 Å². The second kappa shape index (κ2) is 5.98. The van der Waals surface area contributed by atoms with Gasteiger partial charge in [0.2, 0.25) is 11.7 Å². The molecule has 1 aromatic rings. The number of aromatic nitrogens is 2. The number of ether oxygens (including phenoxy) is 1. The molecule has 1 aromatic heterocycles. The Morgan fingerprint density at radius 1 is 1.47 bits per heavy atom. The Bertz CT molecular complexity index is 403. The second-order valence-corrected chi connectivity index (χ2v) is 5.30. The van der Waals surface area contributed by atoms with Crippen molar-refractivity contribution in [2.45, 2.75) is 38.3 Å². The smallest absolute Gasteiger partial charge is 0.228 e. The molecule has 2 saturated heterocycles. The monoisotopic (exact) mass is 266 g/mol. The van der Waals surface area contributed by atoms with Gasteiger partial charge in [-0.2, -0.15) is 4.98 Å². The predicted octanol–water partition coefficient (Wildman–Crippen LogP) is 0.757. The van der Waals surface area contributed by atoms with E-state index in [0.717, 1.165) is 45.1 Å². The van der Waals surface area contributed by atoms with E-state index in [4.69, 9.17) is 9.26 Å². The van der Waals surface area contributed by atoms with Gasteiger partial charge in [-0.25, -0.2) is 0 Å². The molecule has 0 bridgehead atoms. The molecule has 2 unspecified atom stereocenters. The zero-order chi connectivity index (χ0) is 13.1. The minimum absolute atomic E-state index is 0.0391. The van der Waals surface area contributed by atoms with Crippen LogP contribution >= 0.6 is 0 Å². The summed E-state index contributed by atoms with van der Waals surface area (Å²) in [6.07, 6.45) is 3.23. The fourth-order valence-corrected chi connectivity index (χ4v) is 2.77. The highest BCUT2D eigenvalue weighted by atomic mass is 16.5. The Labute approximate surface area is 113 Å². The highest BCUT2D eigenvalue weighted by Crippen LogP contribution is 2.20. The second-order valence-electron chi connectivity index (χ2n) is 5.30. The molecular formula is C13H22N4O2. The van der Waals surface area contributed by atoms with Gasteiger partial charge in [-0.15, -0.1) is 0 Å². The Morgan fingerprint density at radius 3 is 3.21 bits per heavy atom. The van der Waals surface area contributed by atoms with Crippen LogP contribution in [0.25, 0.3) is 0 Å². The van der Waals surface area contributed by atoms with Gasteiger partial charge in [0.1, 0.15) is 6.10 Å². The summed E-state index contributed by atoms with van der Waals surface area (Å²) in [6.45, 7) is 6.89. The Hall–Kier alpha value is -0.980. The molecule has 19 heavy (non-hydrogen) atoms. The van der Waals surface area contributed by atoms with Crippen LogP contribution < -0.4 is 5.32 Å². The molecule has 6 heteroatoms. The third kappa shape index (κ3) is 3.13. The van der Waals surface area contributed by atoms with Crippen molar-refractivity contribution in [2.24, 2.45) is 0 Å². The van der Waals surface area contributed by atoms with Crippen LogP contribution in [0.15, 0.2) is 4.52 Å². The molecule has 0 spiro atoms. The average Bonchev–Trinajstić information content (AvgIpc) is 3.11. The molecule has 2 atom stereocenters. The summed E-state index contributed by atoms with van der Waals surface area (Å²) in [6, 6.07) is 0.493. The van der Waals surface area contributed by atoms with Crippen molar-refractivity contribution in [2.75, 3.05) is 32.8 Å². The highest BCUT2D eigenvalue weighted by molar-refractivity contribution is 4.96. The number of rotatable bonds is 4. The van der Waals surface area contributed by atoms with E-state index in [0.29, 0.717) is 11.9 Å². The molecule has 1 N–H and O–H groups in total. The van der Waals surface area contributed by atoms with E-state index < -0.39 is 0 Å². The minimum atomic E-state index is -0.0391. The van der Waals surface area contributed by atoms with Gasteiger partial charge in [0.15, 0.2) is 0 Å². The summed E-state index contributed by atoms with van der Waals surface area (Å²) in [5, 5.41) is 7.53. The van der Waals surface area contributed by atoms with Crippen LogP contribution in [0.1, 0.15) is 37.6 Å². The number of hydrogen-bond donors (Lipinski definition) is 1. The van der Waals surface area contributed by atoms with Gasteiger partial charge in [-0.3, -0.25) is 4.90 Å². The molecule has 0 saturated carbocycles. The lowest BCUT2D eigenvalue weighted by molar-refractivity contribution is -0.0334. The molecule has 2 aliphatic rings. The van der Waals surface area contributed by atoms with Crippen LogP contribution in [-0.4, -0.2) is 53.9 Å². The molecule has 0 aliphatic carbocycles. The molecular weight excluding hydrogens is 244 g/mol. The average molecular weight is 266 g/mol. The van der Waals surface area contributed by atoms with Crippen molar-refractivity contribution in [3.05, 3.63) is 11.7 Å². The van der Waals surface area contributed by atoms with Crippen LogP contribution in [-0.2, 0) is 11.2 Å². The molecule has 3 heterocycles. The van der Waals surface area contributed by atoms with Crippen LogP contribution in [0.4, 0.5) is 0 Å². The van der Waals surface area contributed by atoms with Crippen LogP contribution in [0.2, 0.25) is 0 Å².